The van der Waals surface area contributed by atoms with Gasteiger partial charge in [-0.1, -0.05) is 12.1 Å². The fraction of sp³-hybridized carbons (Fsp3) is 0.286. The minimum Gasteiger partial charge on any atom is -0.492 e. The quantitative estimate of drug-likeness (QED) is 0.932. The van der Waals surface area contributed by atoms with Gasteiger partial charge in [-0.15, -0.1) is 0 Å². The Kier molecular flexibility index (Phi) is 4.44. The van der Waals surface area contributed by atoms with Crippen LogP contribution in [0.4, 0.5) is 5.69 Å². The predicted molar refractivity (Wildman–Crippen MR) is 81.2 cm³/mol. The smallest absolute Gasteiger partial charge is 0.277 e. The Hall–Kier alpha value is -1.82. The average Bonchev–Trinajstić information content (AvgIpc) is 2.69. The molecule has 1 aromatic carbocycles. The van der Waals surface area contributed by atoms with Gasteiger partial charge in [0.15, 0.2) is 5.69 Å². The van der Waals surface area contributed by atoms with Crippen LogP contribution in [-0.2, 0) is 7.05 Å². The zero-order chi connectivity index (χ0) is 14.7. The maximum absolute atomic E-state index is 12.3. The molecule has 2 rings (SSSR count). The number of benzene rings is 1. The molecule has 0 aliphatic rings. The standard InChI is InChI=1S/C14H16BrN3O2/c1-4-20-11-8-6-5-7-10(11)16-14(19)13-12(15)9(2)18(3)17-13/h5-8H,4H2,1-3H3,(H,16,19). The number of nitrogens with one attached hydrogen (secondary N) is 1. The number of hydrogen-bond acceptors (Lipinski definition) is 3. The number of aryl methyl sites for hydroxylation is 1. The molecule has 1 aromatic heterocycles. The summed E-state index contributed by atoms with van der Waals surface area (Å²) in [4.78, 5) is 12.3. The van der Waals surface area contributed by atoms with E-state index >= 15 is 0 Å². The molecule has 0 saturated carbocycles. The van der Waals surface area contributed by atoms with Gasteiger partial charge in [-0.05, 0) is 41.9 Å². The summed E-state index contributed by atoms with van der Waals surface area (Å²) in [5, 5.41) is 7.02. The minimum atomic E-state index is -0.271. The average molecular weight is 338 g/mol. The first-order valence-electron chi connectivity index (χ1n) is 6.26. The van der Waals surface area contributed by atoms with E-state index in [9.17, 15) is 4.79 Å². The molecule has 0 radical (unpaired) electrons. The summed E-state index contributed by atoms with van der Waals surface area (Å²) in [6.45, 7) is 4.33. The highest BCUT2D eigenvalue weighted by Crippen LogP contribution is 2.26. The SMILES string of the molecule is CCOc1ccccc1NC(=O)c1nn(C)c(C)c1Br. The van der Waals surface area contributed by atoms with Gasteiger partial charge in [0.25, 0.3) is 5.91 Å². The molecule has 2 aromatic rings. The number of carbonyl (C=O) groups excluding carboxylic acids is 1. The van der Waals surface area contributed by atoms with E-state index in [0.29, 0.717) is 28.2 Å². The Morgan fingerprint density at radius 3 is 2.75 bits per heavy atom. The van der Waals surface area contributed by atoms with Crippen molar-refractivity contribution < 1.29 is 9.53 Å². The molecule has 0 saturated heterocycles. The molecule has 1 amide bonds. The Balaban J connectivity index is 2.26. The van der Waals surface area contributed by atoms with Gasteiger partial charge >= 0.3 is 0 Å². The molecule has 0 atom stereocenters. The first-order valence-corrected chi connectivity index (χ1v) is 7.06. The third kappa shape index (κ3) is 2.85. The zero-order valence-corrected chi connectivity index (χ0v) is 13.2. The number of rotatable bonds is 4. The number of halogens is 1. The fourth-order valence-corrected chi connectivity index (χ4v) is 2.28. The van der Waals surface area contributed by atoms with Gasteiger partial charge in [-0.25, -0.2) is 0 Å². The molecular formula is C14H16BrN3O2. The molecular weight excluding hydrogens is 322 g/mol. The number of ether oxygens (including phenoxy) is 1. The van der Waals surface area contributed by atoms with Crippen molar-refractivity contribution in [2.24, 2.45) is 7.05 Å². The first-order chi connectivity index (χ1) is 9.54. The number of anilines is 1. The molecule has 0 bridgehead atoms. The molecule has 6 heteroatoms. The largest absolute Gasteiger partial charge is 0.492 e. The van der Waals surface area contributed by atoms with Gasteiger partial charge in [0, 0.05) is 7.05 Å². The van der Waals surface area contributed by atoms with Crippen molar-refractivity contribution in [3.63, 3.8) is 0 Å². The zero-order valence-electron chi connectivity index (χ0n) is 11.6. The maximum Gasteiger partial charge on any atom is 0.277 e. The molecule has 20 heavy (non-hydrogen) atoms. The molecule has 0 spiro atoms. The van der Waals surface area contributed by atoms with Crippen molar-refractivity contribution in [1.29, 1.82) is 0 Å². The molecule has 0 aliphatic heterocycles. The van der Waals surface area contributed by atoms with E-state index in [4.69, 9.17) is 4.74 Å². The van der Waals surface area contributed by atoms with Crippen LogP contribution in [0.15, 0.2) is 28.7 Å². The number of nitrogens with zero attached hydrogens (tertiary/aromatic N) is 2. The Morgan fingerprint density at radius 2 is 2.15 bits per heavy atom. The number of aromatic nitrogens is 2. The molecule has 5 nitrogen and oxygen atoms in total. The summed E-state index contributed by atoms with van der Waals surface area (Å²) in [7, 11) is 1.80. The fourth-order valence-electron chi connectivity index (χ4n) is 1.76. The van der Waals surface area contributed by atoms with E-state index < -0.39 is 0 Å². The maximum atomic E-state index is 12.3. The molecule has 106 valence electrons. The monoisotopic (exact) mass is 337 g/mol. The number of para-hydroxylation sites is 2. The second-order valence-corrected chi connectivity index (χ2v) is 5.05. The van der Waals surface area contributed by atoms with E-state index in [1.807, 2.05) is 32.0 Å². The van der Waals surface area contributed by atoms with Crippen LogP contribution in [0.25, 0.3) is 0 Å². The van der Waals surface area contributed by atoms with E-state index in [1.54, 1.807) is 17.8 Å². The van der Waals surface area contributed by atoms with Crippen LogP contribution >= 0.6 is 15.9 Å². The lowest BCUT2D eigenvalue weighted by molar-refractivity contribution is 0.102. The third-order valence-electron chi connectivity index (χ3n) is 2.91. The predicted octanol–water partition coefficient (Wildman–Crippen LogP) is 3.14. The summed E-state index contributed by atoms with van der Waals surface area (Å²) >= 11 is 3.39. The van der Waals surface area contributed by atoms with Gasteiger partial charge in [0.05, 0.1) is 22.5 Å². The van der Waals surface area contributed by atoms with Gasteiger partial charge in [0.2, 0.25) is 0 Å². The van der Waals surface area contributed by atoms with Gasteiger partial charge in [-0.2, -0.15) is 5.10 Å². The molecule has 1 heterocycles. The van der Waals surface area contributed by atoms with Crippen molar-refractivity contribution in [2.75, 3.05) is 11.9 Å². The van der Waals surface area contributed by atoms with Crippen LogP contribution in [0, 0.1) is 6.92 Å². The lowest BCUT2D eigenvalue weighted by atomic mass is 10.2. The van der Waals surface area contributed by atoms with E-state index in [1.165, 1.54) is 0 Å². The van der Waals surface area contributed by atoms with Crippen LogP contribution in [-0.4, -0.2) is 22.3 Å². The number of hydrogen-bond donors (Lipinski definition) is 1. The topological polar surface area (TPSA) is 56.1 Å². The van der Waals surface area contributed by atoms with Crippen LogP contribution in [0.1, 0.15) is 23.1 Å². The Labute approximate surface area is 126 Å². The summed E-state index contributed by atoms with van der Waals surface area (Å²) in [5.41, 5.74) is 1.89. The normalized spacial score (nSPS) is 10.4. The van der Waals surface area contributed by atoms with E-state index in [0.717, 1.165) is 5.69 Å². The van der Waals surface area contributed by atoms with Crippen LogP contribution < -0.4 is 10.1 Å². The van der Waals surface area contributed by atoms with Gasteiger partial charge < -0.3 is 10.1 Å². The second kappa shape index (κ2) is 6.09. The highest BCUT2D eigenvalue weighted by molar-refractivity contribution is 9.10. The Bertz CT molecular complexity index is 637. The third-order valence-corrected chi connectivity index (χ3v) is 3.86. The highest BCUT2D eigenvalue weighted by Gasteiger charge is 2.18. The summed E-state index contributed by atoms with van der Waals surface area (Å²) in [5.74, 6) is 0.375. The second-order valence-electron chi connectivity index (χ2n) is 4.25. The summed E-state index contributed by atoms with van der Waals surface area (Å²) in [6.07, 6.45) is 0. The summed E-state index contributed by atoms with van der Waals surface area (Å²) in [6, 6.07) is 7.32. The Morgan fingerprint density at radius 1 is 1.45 bits per heavy atom. The lowest BCUT2D eigenvalue weighted by Crippen LogP contribution is -2.14. The highest BCUT2D eigenvalue weighted by atomic mass is 79.9. The molecule has 1 N–H and O–H groups in total. The molecule has 0 fully saturated rings. The number of amides is 1. The van der Waals surface area contributed by atoms with E-state index in [2.05, 4.69) is 26.3 Å². The van der Waals surface area contributed by atoms with E-state index in [-0.39, 0.29) is 5.91 Å². The van der Waals surface area contributed by atoms with Gasteiger partial charge in [-0.3, -0.25) is 9.48 Å². The van der Waals surface area contributed by atoms with Crippen molar-refractivity contribution in [3.05, 3.63) is 40.1 Å². The van der Waals surface area contributed by atoms with Crippen molar-refractivity contribution in [2.45, 2.75) is 13.8 Å². The van der Waals surface area contributed by atoms with Gasteiger partial charge in [0.1, 0.15) is 5.75 Å². The van der Waals surface area contributed by atoms with Crippen molar-refractivity contribution in [3.8, 4) is 5.75 Å². The molecule has 0 aliphatic carbocycles. The van der Waals surface area contributed by atoms with Crippen molar-refractivity contribution >= 4 is 27.5 Å². The summed E-state index contributed by atoms with van der Waals surface area (Å²) < 4.78 is 7.84. The van der Waals surface area contributed by atoms with Crippen LogP contribution in [0.2, 0.25) is 0 Å². The van der Waals surface area contributed by atoms with Crippen LogP contribution in [0.5, 0.6) is 5.75 Å². The first kappa shape index (κ1) is 14.6. The number of carbonyl (C=O) groups is 1. The lowest BCUT2D eigenvalue weighted by Gasteiger charge is -2.10. The van der Waals surface area contributed by atoms with Crippen molar-refractivity contribution in [1.82, 2.24) is 9.78 Å². The molecule has 0 unspecified atom stereocenters. The van der Waals surface area contributed by atoms with Crippen LogP contribution in [0.3, 0.4) is 0 Å². The minimum absolute atomic E-state index is 0.271.